The van der Waals surface area contributed by atoms with Crippen LogP contribution in [0.5, 0.6) is 0 Å². The molecule has 1 rings (SSSR count). The molecule has 102 valence electrons. The van der Waals surface area contributed by atoms with E-state index in [0.29, 0.717) is 18.8 Å². The second-order valence-corrected chi connectivity index (χ2v) is 3.74. The van der Waals surface area contributed by atoms with Crippen LogP contribution < -0.4 is 5.32 Å². The van der Waals surface area contributed by atoms with E-state index in [2.05, 4.69) is 5.32 Å². The van der Waals surface area contributed by atoms with Gasteiger partial charge in [0.15, 0.2) is 0 Å². The summed E-state index contributed by atoms with van der Waals surface area (Å²) in [5.74, 6) is -1.37. The molecule has 7 nitrogen and oxygen atoms in total. The first-order chi connectivity index (χ1) is 8.99. The Morgan fingerprint density at radius 1 is 1.21 bits per heavy atom. The lowest BCUT2D eigenvalue weighted by atomic mass is 10.3. The number of non-ortho nitro benzene ring substituents is 1. The van der Waals surface area contributed by atoms with E-state index in [1.54, 1.807) is 13.8 Å². The first kappa shape index (κ1) is 14.6. The Labute approximate surface area is 110 Å². The Balaban J connectivity index is 2.71. The van der Waals surface area contributed by atoms with E-state index in [-0.39, 0.29) is 5.69 Å². The monoisotopic (exact) mass is 265 g/mol. The zero-order valence-corrected chi connectivity index (χ0v) is 10.8. The van der Waals surface area contributed by atoms with Crippen molar-refractivity contribution < 1.29 is 14.5 Å². The smallest absolute Gasteiger partial charge is 0.313 e. The number of amides is 2. The number of hydrogen-bond donors (Lipinski definition) is 1. The van der Waals surface area contributed by atoms with Gasteiger partial charge in [-0.1, -0.05) is 0 Å². The van der Waals surface area contributed by atoms with Gasteiger partial charge in [0, 0.05) is 30.9 Å². The Morgan fingerprint density at radius 3 is 2.16 bits per heavy atom. The molecule has 0 aliphatic heterocycles. The molecule has 0 aromatic heterocycles. The minimum atomic E-state index is -0.752. The van der Waals surface area contributed by atoms with Crippen molar-refractivity contribution in [3.8, 4) is 0 Å². The van der Waals surface area contributed by atoms with Crippen LogP contribution in [0.2, 0.25) is 0 Å². The molecule has 19 heavy (non-hydrogen) atoms. The first-order valence-corrected chi connectivity index (χ1v) is 5.84. The van der Waals surface area contributed by atoms with Gasteiger partial charge in [-0.15, -0.1) is 0 Å². The lowest BCUT2D eigenvalue weighted by Crippen LogP contribution is -2.39. The minimum absolute atomic E-state index is 0.0759. The van der Waals surface area contributed by atoms with E-state index >= 15 is 0 Å². The third-order valence-corrected chi connectivity index (χ3v) is 2.58. The summed E-state index contributed by atoms with van der Waals surface area (Å²) in [7, 11) is 0. The molecule has 1 aromatic rings. The summed E-state index contributed by atoms with van der Waals surface area (Å²) < 4.78 is 0. The number of nitro benzene ring substituents is 1. The molecule has 0 atom stereocenters. The number of anilines is 1. The van der Waals surface area contributed by atoms with Crippen LogP contribution in [-0.4, -0.2) is 34.7 Å². The highest BCUT2D eigenvalue weighted by atomic mass is 16.6. The van der Waals surface area contributed by atoms with Gasteiger partial charge in [0.25, 0.3) is 5.69 Å². The number of carbonyl (C=O) groups excluding carboxylic acids is 2. The van der Waals surface area contributed by atoms with Crippen molar-refractivity contribution in [2.45, 2.75) is 13.8 Å². The van der Waals surface area contributed by atoms with Crippen LogP contribution in [0.4, 0.5) is 11.4 Å². The van der Waals surface area contributed by atoms with Crippen LogP contribution >= 0.6 is 0 Å². The molecule has 0 saturated carbocycles. The number of rotatable bonds is 4. The highest BCUT2D eigenvalue weighted by Crippen LogP contribution is 2.15. The lowest BCUT2D eigenvalue weighted by molar-refractivity contribution is -0.384. The maximum Gasteiger partial charge on any atom is 0.313 e. The summed E-state index contributed by atoms with van der Waals surface area (Å²) >= 11 is 0. The molecule has 2 amide bonds. The third-order valence-electron chi connectivity index (χ3n) is 2.58. The fourth-order valence-corrected chi connectivity index (χ4v) is 1.51. The summed E-state index contributed by atoms with van der Waals surface area (Å²) in [4.78, 5) is 34.7. The van der Waals surface area contributed by atoms with Crippen molar-refractivity contribution in [1.82, 2.24) is 4.90 Å². The number of benzene rings is 1. The van der Waals surface area contributed by atoms with Gasteiger partial charge in [0.05, 0.1) is 4.92 Å². The van der Waals surface area contributed by atoms with Gasteiger partial charge in [-0.2, -0.15) is 0 Å². The quantitative estimate of drug-likeness (QED) is 0.506. The zero-order valence-electron chi connectivity index (χ0n) is 10.8. The normalized spacial score (nSPS) is 9.79. The number of hydrogen-bond acceptors (Lipinski definition) is 4. The summed E-state index contributed by atoms with van der Waals surface area (Å²) in [6.45, 7) is 4.45. The Hall–Kier alpha value is -2.44. The average molecular weight is 265 g/mol. The second kappa shape index (κ2) is 6.48. The predicted octanol–water partition coefficient (Wildman–Crippen LogP) is 1.40. The van der Waals surface area contributed by atoms with Crippen LogP contribution in [0.3, 0.4) is 0 Å². The fourth-order valence-electron chi connectivity index (χ4n) is 1.51. The van der Waals surface area contributed by atoms with Gasteiger partial charge >= 0.3 is 11.8 Å². The molecule has 1 aromatic carbocycles. The Bertz CT molecular complexity index is 480. The fraction of sp³-hybridized carbons (Fsp3) is 0.333. The number of nitro groups is 1. The highest BCUT2D eigenvalue weighted by Gasteiger charge is 2.19. The van der Waals surface area contributed by atoms with E-state index in [1.807, 2.05) is 0 Å². The molecule has 0 radical (unpaired) electrons. The molecular formula is C12H15N3O4. The first-order valence-electron chi connectivity index (χ1n) is 5.84. The van der Waals surface area contributed by atoms with Crippen LogP contribution in [0.1, 0.15) is 13.8 Å². The van der Waals surface area contributed by atoms with Crippen LogP contribution in [0.15, 0.2) is 24.3 Å². The van der Waals surface area contributed by atoms with E-state index in [0.717, 1.165) is 0 Å². The van der Waals surface area contributed by atoms with Gasteiger partial charge < -0.3 is 10.2 Å². The Morgan fingerprint density at radius 2 is 1.74 bits per heavy atom. The molecule has 0 unspecified atom stereocenters. The van der Waals surface area contributed by atoms with E-state index in [9.17, 15) is 19.7 Å². The van der Waals surface area contributed by atoms with Crippen molar-refractivity contribution >= 4 is 23.2 Å². The van der Waals surface area contributed by atoms with Gasteiger partial charge in [-0.05, 0) is 26.0 Å². The molecule has 0 fully saturated rings. The van der Waals surface area contributed by atoms with E-state index < -0.39 is 16.7 Å². The van der Waals surface area contributed by atoms with Crippen LogP contribution in [-0.2, 0) is 9.59 Å². The van der Waals surface area contributed by atoms with Crippen molar-refractivity contribution in [1.29, 1.82) is 0 Å². The summed E-state index contributed by atoms with van der Waals surface area (Å²) in [6.07, 6.45) is 0. The van der Waals surface area contributed by atoms with Crippen molar-refractivity contribution in [3.05, 3.63) is 34.4 Å². The molecular weight excluding hydrogens is 250 g/mol. The molecule has 0 spiro atoms. The maximum absolute atomic E-state index is 11.7. The predicted molar refractivity (Wildman–Crippen MR) is 69.7 cm³/mol. The molecule has 0 aliphatic carbocycles. The average Bonchev–Trinajstić information content (AvgIpc) is 2.40. The molecule has 0 aliphatic rings. The molecule has 0 heterocycles. The molecule has 0 saturated heterocycles. The standard InChI is InChI=1S/C12H15N3O4/c1-3-14(4-2)12(17)11(16)13-9-5-7-10(8-6-9)15(18)19/h5-8H,3-4H2,1-2H3,(H,13,16). The minimum Gasteiger partial charge on any atom is -0.335 e. The molecule has 0 bridgehead atoms. The summed E-state index contributed by atoms with van der Waals surface area (Å²) in [6, 6.07) is 5.28. The van der Waals surface area contributed by atoms with E-state index in [4.69, 9.17) is 0 Å². The largest absolute Gasteiger partial charge is 0.335 e. The highest BCUT2D eigenvalue weighted by molar-refractivity contribution is 6.39. The van der Waals surface area contributed by atoms with Gasteiger partial charge in [-0.25, -0.2) is 0 Å². The van der Waals surface area contributed by atoms with Crippen molar-refractivity contribution in [2.75, 3.05) is 18.4 Å². The Kier molecular flexibility index (Phi) is 4.99. The van der Waals surface area contributed by atoms with Crippen LogP contribution in [0.25, 0.3) is 0 Å². The van der Waals surface area contributed by atoms with Gasteiger partial charge in [0.1, 0.15) is 0 Å². The number of carbonyl (C=O) groups is 2. The van der Waals surface area contributed by atoms with Gasteiger partial charge in [0.2, 0.25) is 0 Å². The lowest BCUT2D eigenvalue weighted by Gasteiger charge is -2.17. The summed E-state index contributed by atoms with van der Waals surface area (Å²) in [5.41, 5.74) is 0.268. The number of nitrogens with one attached hydrogen (secondary N) is 1. The topological polar surface area (TPSA) is 92.6 Å². The van der Waals surface area contributed by atoms with Crippen molar-refractivity contribution in [2.24, 2.45) is 0 Å². The number of likely N-dealkylation sites (N-methyl/N-ethyl adjacent to an activating group) is 1. The summed E-state index contributed by atoms with van der Waals surface area (Å²) in [5, 5.41) is 12.9. The number of nitrogens with zero attached hydrogens (tertiary/aromatic N) is 2. The van der Waals surface area contributed by atoms with Crippen LogP contribution in [0, 0.1) is 10.1 Å². The third kappa shape index (κ3) is 3.77. The molecule has 1 N–H and O–H groups in total. The maximum atomic E-state index is 11.7. The second-order valence-electron chi connectivity index (χ2n) is 3.74. The van der Waals surface area contributed by atoms with Gasteiger partial charge in [-0.3, -0.25) is 19.7 Å². The SMILES string of the molecule is CCN(CC)C(=O)C(=O)Nc1ccc([N+](=O)[O-])cc1. The van der Waals surface area contributed by atoms with Crippen molar-refractivity contribution in [3.63, 3.8) is 0 Å². The molecule has 7 heteroatoms. The zero-order chi connectivity index (χ0) is 14.4. The van der Waals surface area contributed by atoms with E-state index in [1.165, 1.54) is 29.2 Å².